The van der Waals surface area contributed by atoms with Crippen LogP contribution in [0.3, 0.4) is 0 Å². The molecule has 0 bridgehead atoms. The topological polar surface area (TPSA) is 59.4 Å². The van der Waals surface area contributed by atoms with Crippen LogP contribution < -0.4 is 5.32 Å². The van der Waals surface area contributed by atoms with Gasteiger partial charge in [0.15, 0.2) is 0 Å². The molecular weight excluding hydrogens is 424 g/mol. The van der Waals surface area contributed by atoms with Crippen LogP contribution in [0.2, 0.25) is 5.02 Å². The molecule has 2 heterocycles. The highest BCUT2D eigenvalue weighted by Crippen LogP contribution is 2.24. The first-order valence-corrected chi connectivity index (χ1v) is 11.6. The SMILES string of the molecule is CC(C)(C)OC(=O)N1CCCC[C@@H]1CNc1nc2ccccc2n1Cc1ccc(Cl)cc1. The van der Waals surface area contributed by atoms with Crippen LogP contribution in [0.1, 0.15) is 45.6 Å². The maximum Gasteiger partial charge on any atom is 0.410 e. The number of rotatable bonds is 5. The number of ether oxygens (including phenoxy) is 1. The third kappa shape index (κ3) is 5.36. The largest absolute Gasteiger partial charge is 0.444 e. The second kappa shape index (κ2) is 9.41. The molecule has 0 unspecified atom stereocenters. The number of carbonyl (C=O) groups excluding carboxylic acids is 1. The summed E-state index contributed by atoms with van der Waals surface area (Å²) in [7, 11) is 0. The van der Waals surface area contributed by atoms with Crippen molar-refractivity contribution in [1.29, 1.82) is 0 Å². The highest BCUT2D eigenvalue weighted by molar-refractivity contribution is 6.30. The van der Waals surface area contributed by atoms with Crippen molar-refractivity contribution in [2.75, 3.05) is 18.4 Å². The van der Waals surface area contributed by atoms with E-state index in [1.807, 2.05) is 68.1 Å². The van der Waals surface area contributed by atoms with Crippen molar-refractivity contribution in [3.63, 3.8) is 0 Å². The molecule has 1 fully saturated rings. The lowest BCUT2D eigenvalue weighted by atomic mass is 10.0. The highest BCUT2D eigenvalue weighted by Gasteiger charge is 2.30. The maximum absolute atomic E-state index is 12.8. The zero-order valence-corrected chi connectivity index (χ0v) is 19.7. The summed E-state index contributed by atoms with van der Waals surface area (Å²) in [4.78, 5) is 19.5. The van der Waals surface area contributed by atoms with Gasteiger partial charge in [0.25, 0.3) is 0 Å². The molecule has 170 valence electrons. The van der Waals surface area contributed by atoms with Crippen LogP contribution in [0.15, 0.2) is 48.5 Å². The Bertz CT molecular complexity index is 1070. The van der Waals surface area contributed by atoms with E-state index < -0.39 is 5.60 Å². The Hall–Kier alpha value is -2.73. The average molecular weight is 455 g/mol. The molecule has 6 nitrogen and oxygen atoms in total. The minimum Gasteiger partial charge on any atom is -0.444 e. The summed E-state index contributed by atoms with van der Waals surface area (Å²) in [6.45, 7) is 7.75. The molecule has 2 aromatic carbocycles. The predicted molar refractivity (Wildman–Crippen MR) is 129 cm³/mol. The minimum absolute atomic E-state index is 0.0717. The molecule has 1 saturated heterocycles. The van der Waals surface area contributed by atoms with E-state index in [1.165, 1.54) is 0 Å². The molecule has 4 rings (SSSR count). The van der Waals surface area contributed by atoms with Gasteiger partial charge in [0.05, 0.1) is 23.6 Å². The van der Waals surface area contributed by atoms with E-state index in [9.17, 15) is 4.79 Å². The summed E-state index contributed by atoms with van der Waals surface area (Å²) in [6.07, 6.45) is 2.82. The molecule has 1 aliphatic rings. The van der Waals surface area contributed by atoms with Crippen LogP contribution in [-0.4, -0.2) is 45.3 Å². The lowest BCUT2D eigenvalue weighted by Crippen LogP contribution is -2.49. The number of imidazole rings is 1. The van der Waals surface area contributed by atoms with E-state index in [2.05, 4.69) is 16.0 Å². The zero-order chi connectivity index (χ0) is 22.7. The Balaban J connectivity index is 1.54. The van der Waals surface area contributed by atoms with Gasteiger partial charge in [-0.1, -0.05) is 35.9 Å². The Morgan fingerprint density at radius 2 is 1.91 bits per heavy atom. The number of nitrogens with one attached hydrogen (secondary N) is 1. The number of carbonyl (C=O) groups is 1. The first-order chi connectivity index (χ1) is 15.3. The quantitative estimate of drug-likeness (QED) is 0.518. The number of anilines is 1. The fourth-order valence-electron chi connectivity index (χ4n) is 4.13. The molecule has 7 heteroatoms. The summed E-state index contributed by atoms with van der Waals surface area (Å²) in [6, 6.07) is 16.1. The zero-order valence-electron chi connectivity index (χ0n) is 19.0. The van der Waals surface area contributed by atoms with Crippen molar-refractivity contribution in [3.8, 4) is 0 Å². The number of piperidine rings is 1. The highest BCUT2D eigenvalue weighted by atomic mass is 35.5. The monoisotopic (exact) mass is 454 g/mol. The van der Waals surface area contributed by atoms with Gasteiger partial charge in [0.1, 0.15) is 5.60 Å². The number of aromatic nitrogens is 2. The number of likely N-dealkylation sites (tertiary alicyclic amines) is 1. The van der Waals surface area contributed by atoms with E-state index in [4.69, 9.17) is 21.3 Å². The van der Waals surface area contributed by atoms with E-state index >= 15 is 0 Å². The molecule has 0 aliphatic carbocycles. The Morgan fingerprint density at radius 3 is 2.66 bits per heavy atom. The van der Waals surface area contributed by atoms with Gasteiger partial charge in [0.2, 0.25) is 5.95 Å². The Labute approximate surface area is 194 Å². The number of halogens is 1. The molecular formula is C25H31ClN4O2. The number of fused-ring (bicyclic) bond motifs is 1. The summed E-state index contributed by atoms with van der Waals surface area (Å²) in [5.74, 6) is 0.802. The fraction of sp³-hybridized carbons (Fsp3) is 0.440. The summed E-state index contributed by atoms with van der Waals surface area (Å²) in [5.41, 5.74) is 2.65. The van der Waals surface area contributed by atoms with Crippen LogP contribution in [-0.2, 0) is 11.3 Å². The van der Waals surface area contributed by atoms with Gasteiger partial charge >= 0.3 is 6.09 Å². The third-order valence-corrected chi connectivity index (χ3v) is 5.91. The number of hydrogen-bond donors (Lipinski definition) is 1. The maximum atomic E-state index is 12.8. The first kappa shape index (κ1) is 22.5. The fourth-order valence-corrected chi connectivity index (χ4v) is 4.25. The standard InChI is InChI=1S/C25H31ClN4O2/c1-25(2,3)32-24(31)29-15-7-6-8-20(29)16-27-23-28-21-9-4-5-10-22(21)30(23)17-18-11-13-19(26)14-12-18/h4-5,9-14,20H,6-8,15-17H2,1-3H3,(H,27,28)/t20-/m1/s1. The normalized spacial score (nSPS) is 16.9. The number of benzene rings is 2. The molecule has 1 aliphatic heterocycles. The van der Waals surface area contributed by atoms with Crippen LogP contribution in [0, 0.1) is 0 Å². The average Bonchev–Trinajstić information content (AvgIpc) is 3.10. The van der Waals surface area contributed by atoms with Crippen molar-refractivity contribution in [1.82, 2.24) is 14.5 Å². The molecule has 1 N–H and O–H groups in total. The molecule has 3 aromatic rings. The van der Waals surface area contributed by atoms with Crippen LogP contribution >= 0.6 is 11.6 Å². The second-order valence-electron chi connectivity index (χ2n) is 9.34. The summed E-state index contributed by atoms with van der Waals surface area (Å²) < 4.78 is 7.83. The molecule has 0 spiro atoms. The van der Waals surface area contributed by atoms with Gasteiger partial charge < -0.3 is 19.5 Å². The van der Waals surface area contributed by atoms with Gasteiger partial charge in [-0.05, 0) is 69.9 Å². The molecule has 1 atom stereocenters. The number of hydrogen-bond acceptors (Lipinski definition) is 4. The molecule has 0 radical (unpaired) electrons. The third-order valence-electron chi connectivity index (χ3n) is 5.66. The van der Waals surface area contributed by atoms with Gasteiger partial charge in [-0.15, -0.1) is 0 Å². The molecule has 1 aromatic heterocycles. The number of para-hydroxylation sites is 2. The molecule has 32 heavy (non-hydrogen) atoms. The second-order valence-corrected chi connectivity index (χ2v) is 9.78. The molecule has 0 saturated carbocycles. The van der Waals surface area contributed by atoms with Crippen LogP contribution in [0.25, 0.3) is 11.0 Å². The van der Waals surface area contributed by atoms with E-state index in [0.29, 0.717) is 13.1 Å². The van der Waals surface area contributed by atoms with Gasteiger partial charge in [-0.25, -0.2) is 9.78 Å². The first-order valence-electron chi connectivity index (χ1n) is 11.2. The number of amides is 1. The minimum atomic E-state index is -0.501. The Morgan fingerprint density at radius 1 is 1.16 bits per heavy atom. The lowest BCUT2D eigenvalue weighted by molar-refractivity contribution is 0.0114. The Kier molecular flexibility index (Phi) is 6.60. The smallest absolute Gasteiger partial charge is 0.410 e. The lowest BCUT2D eigenvalue weighted by Gasteiger charge is -2.36. The van der Waals surface area contributed by atoms with E-state index in [1.54, 1.807) is 0 Å². The van der Waals surface area contributed by atoms with Gasteiger partial charge in [0, 0.05) is 18.1 Å². The predicted octanol–water partition coefficient (Wildman–Crippen LogP) is 5.94. The number of nitrogens with zero attached hydrogens (tertiary/aromatic N) is 3. The van der Waals surface area contributed by atoms with Gasteiger partial charge in [-0.2, -0.15) is 0 Å². The van der Waals surface area contributed by atoms with Crippen molar-refractivity contribution < 1.29 is 9.53 Å². The van der Waals surface area contributed by atoms with Crippen molar-refractivity contribution in [3.05, 3.63) is 59.1 Å². The van der Waals surface area contributed by atoms with Crippen molar-refractivity contribution in [2.45, 2.75) is 58.2 Å². The van der Waals surface area contributed by atoms with Gasteiger partial charge in [-0.3, -0.25) is 0 Å². The summed E-state index contributed by atoms with van der Waals surface area (Å²) >= 11 is 6.06. The van der Waals surface area contributed by atoms with Crippen LogP contribution in [0.5, 0.6) is 0 Å². The van der Waals surface area contributed by atoms with Crippen molar-refractivity contribution >= 4 is 34.7 Å². The van der Waals surface area contributed by atoms with Crippen LogP contribution in [0.4, 0.5) is 10.7 Å². The van der Waals surface area contributed by atoms with E-state index in [0.717, 1.165) is 53.4 Å². The van der Waals surface area contributed by atoms with Crippen molar-refractivity contribution in [2.24, 2.45) is 0 Å². The van der Waals surface area contributed by atoms with E-state index in [-0.39, 0.29) is 12.1 Å². The molecule has 1 amide bonds. The summed E-state index contributed by atoms with van der Waals surface area (Å²) in [5, 5.41) is 4.25.